The number of piperidine rings is 1. The zero-order valence-electron chi connectivity index (χ0n) is 17.8. The molecule has 0 atom stereocenters. The van der Waals surface area contributed by atoms with Gasteiger partial charge in [-0.3, -0.25) is 19.3 Å². The number of carboxylic acid groups (broad SMARTS) is 1. The van der Waals surface area contributed by atoms with E-state index in [1.165, 1.54) is 6.20 Å². The molecule has 1 spiro atoms. The number of aromatic amines is 2. The summed E-state index contributed by atoms with van der Waals surface area (Å²) in [4.78, 5) is 52.3. The number of aromatic nitrogens is 4. The molecule has 32 heavy (non-hydrogen) atoms. The molecule has 0 aromatic carbocycles. The second-order valence-electron chi connectivity index (χ2n) is 8.50. The number of morpholine rings is 1. The molecular formula is C21H28N6O5. The Balaban J connectivity index is 0.000000775. The molecule has 3 fully saturated rings. The third-order valence-corrected chi connectivity index (χ3v) is 6.27. The zero-order chi connectivity index (χ0) is 22.6. The average molecular weight is 444 g/mol. The number of nitrogens with zero attached hydrogens (tertiary/aromatic N) is 4. The van der Waals surface area contributed by atoms with Crippen LogP contribution < -0.4 is 5.56 Å². The van der Waals surface area contributed by atoms with Gasteiger partial charge in [0.25, 0.3) is 17.9 Å². The van der Waals surface area contributed by atoms with E-state index < -0.39 is 0 Å². The predicted octanol–water partition coefficient (Wildman–Crippen LogP) is 0.578. The lowest BCUT2D eigenvalue weighted by Gasteiger charge is -2.47. The first kappa shape index (κ1) is 22.2. The van der Waals surface area contributed by atoms with Crippen molar-refractivity contribution in [1.29, 1.82) is 0 Å². The monoisotopic (exact) mass is 444 g/mol. The molecule has 11 nitrogen and oxygen atoms in total. The van der Waals surface area contributed by atoms with E-state index in [1.807, 2.05) is 6.20 Å². The number of carbonyl (C=O) groups is 2. The number of ether oxygens (including phenoxy) is 1. The highest BCUT2D eigenvalue weighted by atomic mass is 16.5. The first-order chi connectivity index (χ1) is 15.5. The molecule has 2 aromatic rings. The quantitative estimate of drug-likeness (QED) is 0.581. The summed E-state index contributed by atoms with van der Waals surface area (Å²) in [5.74, 6) is 0.809. The highest BCUT2D eigenvalue weighted by Gasteiger charge is 2.41. The predicted molar refractivity (Wildman–Crippen MR) is 113 cm³/mol. The SMILES string of the molecule is O=C(c1cnc(C2CC2)[nH]c1=O)N1CCOC2(CCN(Cc3cnc[nH]3)CC2)C1.O=CO. The minimum atomic E-state index is -0.332. The molecule has 2 aliphatic heterocycles. The van der Waals surface area contributed by atoms with Gasteiger partial charge < -0.3 is 24.7 Å². The summed E-state index contributed by atoms with van der Waals surface area (Å²) in [5.41, 5.74) is 0.570. The number of H-pyrrole nitrogens is 2. The van der Waals surface area contributed by atoms with Crippen LogP contribution in [-0.2, 0) is 16.1 Å². The first-order valence-electron chi connectivity index (χ1n) is 10.8. The van der Waals surface area contributed by atoms with Gasteiger partial charge in [-0.05, 0) is 25.7 Å². The van der Waals surface area contributed by atoms with Crippen LogP contribution in [-0.4, -0.2) is 85.6 Å². The van der Waals surface area contributed by atoms with Crippen LogP contribution >= 0.6 is 0 Å². The standard InChI is InChI=1S/C20H26N6O3.CH2O2/c27-18-16(10-22-17(24-18)14-1-2-14)19(28)26-7-8-29-20(12-26)3-5-25(6-4-20)11-15-9-21-13-23-15;2-1-3/h9-10,13-14H,1-8,11-12H2,(H,21,23)(H,22,24,27);1H,(H,2,3). The Bertz CT molecular complexity index is 979. The van der Waals surface area contributed by atoms with Crippen molar-refractivity contribution in [3.63, 3.8) is 0 Å². The Hall–Kier alpha value is -3.05. The highest BCUT2D eigenvalue weighted by Crippen LogP contribution is 2.37. The van der Waals surface area contributed by atoms with Gasteiger partial charge >= 0.3 is 0 Å². The maximum absolute atomic E-state index is 13.0. The lowest BCUT2D eigenvalue weighted by molar-refractivity contribution is -0.128. The lowest BCUT2D eigenvalue weighted by atomic mass is 9.89. The molecule has 3 aliphatic rings. The Kier molecular flexibility index (Phi) is 6.66. The molecular weight excluding hydrogens is 416 g/mol. The van der Waals surface area contributed by atoms with Gasteiger partial charge in [0.15, 0.2) is 0 Å². The molecule has 1 aliphatic carbocycles. The number of likely N-dealkylation sites (tertiary alicyclic amines) is 1. The number of imidazole rings is 1. The highest BCUT2D eigenvalue weighted by molar-refractivity contribution is 5.93. The van der Waals surface area contributed by atoms with Crippen LogP contribution in [0.5, 0.6) is 0 Å². The molecule has 3 N–H and O–H groups in total. The number of rotatable bonds is 4. The summed E-state index contributed by atoms with van der Waals surface area (Å²) in [7, 11) is 0. The summed E-state index contributed by atoms with van der Waals surface area (Å²) in [6.45, 7) is 3.92. The Morgan fingerprint density at radius 2 is 2.03 bits per heavy atom. The molecule has 1 saturated carbocycles. The van der Waals surface area contributed by atoms with Gasteiger partial charge in [-0.15, -0.1) is 0 Å². The Labute approximate surface area is 184 Å². The molecule has 4 heterocycles. The van der Waals surface area contributed by atoms with E-state index in [-0.39, 0.29) is 29.1 Å². The molecule has 2 saturated heterocycles. The van der Waals surface area contributed by atoms with Crippen LogP contribution in [0.3, 0.4) is 0 Å². The van der Waals surface area contributed by atoms with Crippen molar-refractivity contribution in [2.24, 2.45) is 0 Å². The Morgan fingerprint density at radius 3 is 2.66 bits per heavy atom. The third-order valence-electron chi connectivity index (χ3n) is 6.27. The van der Waals surface area contributed by atoms with E-state index in [0.29, 0.717) is 31.4 Å². The zero-order valence-corrected chi connectivity index (χ0v) is 17.8. The van der Waals surface area contributed by atoms with Crippen LogP contribution in [0.15, 0.2) is 23.5 Å². The maximum atomic E-state index is 13.0. The van der Waals surface area contributed by atoms with Crippen molar-refractivity contribution in [1.82, 2.24) is 29.7 Å². The van der Waals surface area contributed by atoms with Gasteiger partial charge in [-0.1, -0.05) is 0 Å². The summed E-state index contributed by atoms with van der Waals surface area (Å²) < 4.78 is 6.15. The molecule has 5 rings (SSSR count). The number of nitrogens with one attached hydrogen (secondary N) is 2. The lowest BCUT2D eigenvalue weighted by Crippen LogP contribution is -2.58. The molecule has 0 bridgehead atoms. The molecule has 1 amide bonds. The fourth-order valence-corrected chi connectivity index (χ4v) is 4.35. The second-order valence-corrected chi connectivity index (χ2v) is 8.50. The molecule has 11 heteroatoms. The van der Waals surface area contributed by atoms with Crippen LogP contribution in [0, 0.1) is 0 Å². The topological polar surface area (TPSA) is 145 Å². The molecule has 2 aromatic heterocycles. The average Bonchev–Trinajstić information content (AvgIpc) is 3.52. The minimum absolute atomic E-state index is 0.128. The van der Waals surface area contributed by atoms with Crippen LogP contribution in [0.2, 0.25) is 0 Å². The van der Waals surface area contributed by atoms with Gasteiger partial charge in [-0.2, -0.15) is 0 Å². The summed E-state index contributed by atoms with van der Waals surface area (Å²) in [6.07, 6.45) is 8.83. The van der Waals surface area contributed by atoms with Crippen molar-refractivity contribution < 1.29 is 19.4 Å². The van der Waals surface area contributed by atoms with Gasteiger partial charge in [0.1, 0.15) is 11.4 Å². The maximum Gasteiger partial charge on any atom is 0.290 e. The smallest absolute Gasteiger partial charge is 0.290 e. The molecule has 0 unspecified atom stereocenters. The summed E-state index contributed by atoms with van der Waals surface area (Å²) >= 11 is 0. The minimum Gasteiger partial charge on any atom is -0.483 e. The van der Waals surface area contributed by atoms with Gasteiger partial charge in [-0.25, -0.2) is 9.97 Å². The first-order valence-corrected chi connectivity index (χ1v) is 10.8. The van der Waals surface area contributed by atoms with Crippen molar-refractivity contribution in [3.05, 3.63) is 46.2 Å². The number of carbonyl (C=O) groups excluding carboxylic acids is 1. The fourth-order valence-electron chi connectivity index (χ4n) is 4.35. The van der Waals surface area contributed by atoms with Gasteiger partial charge in [0.2, 0.25) is 0 Å². The Morgan fingerprint density at radius 1 is 1.28 bits per heavy atom. The third kappa shape index (κ3) is 5.05. The summed E-state index contributed by atoms with van der Waals surface area (Å²) in [6, 6.07) is 0. The van der Waals surface area contributed by atoms with Crippen molar-refractivity contribution >= 4 is 12.4 Å². The van der Waals surface area contributed by atoms with Crippen molar-refractivity contribution in [2.75, 3.05) is 32.8 Å². The second kappa shape index (κ2) is 9.61. The van der Waals surface area contributed by atoms with Gasteiger partial charge in [0, 0.05) is 50.2 Å². The number of amides is 1. The van der Waals surface area contributed by atoms with Crippen LogP contribution in [0.1, 0.15) is 53.5 Å². The number of hydrogen-bond donors (Lipinski definition) is 3. The van der Waals surface area contributed by atoms with Gasteiger partial charge in [0.05, 0.1) is 25.1 Å². The largest absolute Gasteiger partial charge is 0.483 e. The van der Waals surface area contributed by atoms with Crippen LogP contribution in [0.4, 0.5) is 0 Å². The van der Waals surface area contributed by atoms with E-state index in [9.17, 15) is 9.59 Å². The van der Waals surface area contributed by atoms with E-state index in [2.05, 4.69) is 24.8 Å². The molecule has 172 valence electrons. The van der Waals surface area contributed by atoms with Crippen molar-refractivity contribution in [3.8, 4) is 0 Å². The summed E-state index contributed by atoms with van der Waals surface area (Å²) in [5, 5.41) is 6.89. The van der Waals surface area contributed by atoms with E-state index in [0.717, 1.165) is 51.0 Å². The fraction of sp³-hybridized carbons (Fsp3) is 0.571. The van der Waals surface area contributed by atoms with Crippen LogP contribution in [0.25, 0.3) is 0 Å². The van der Waals surface area contributed by atoms with E-state index >= 15 is 0 Å². The van der Waals surface area contributed by atoms with Crippen molar-refractivity contribution in [2.45, 2.75) is 43.7 Å². The van der Waals surface area contributed by atoms with E-state index in [4.69, 9.17) is 14.6 Å². The molecule has 0 radical (unpaired) electrons. The number of hydrogen-bond acceptors (Lipinski definition) is 7. The van der Waals surface area contributed by atoms with E-state index in [1.54, 1.807) is 11.2 Å². The normalized spacial score (nSPS) is 20.4.